The standard InChI is InChI=1S/C23H23ClF3N7O2S/c1-12(4-17(35)16-6-20(32-11-31-16)34-3-2-13(7-28)10-34)22-30-9-18(37-22)21(36)33-19-5-14(23(25,26)27)15(24)8-29-19/h5-6,8-9,11-13H,2-4,7,10,28H2,1H3,(H,29,33,36)/t12?,13-/m1/s1. The van der Waals surface area contributed by atoms with Crippen molar-refractivity contribution in [3.05, 3.63) is 57.0 Å². The van der Waals surface area contributed by atoms with E-state index in [0.717, 1.165) is 37.0 Å². The molecule has 1 aliphatic heterocycles. The third-order valence-electron chi connectivity index (χ3n) is 5.94. The van der Waals surface area contributed by atoms with E-state index in [1.54, 1.807) is 13.0 Å². The van der Waals surface area contributed by atoms with Crippen molar-refractivity contribution in [2.24, 2.45) is 11.7 Å². The number of Topliss-reactive ketones (excluding diaryl/α,β-unsaturated/α-hetero) is 1. The Morgan fingerprint density at radius 3 is 2.73 bits per heavy atom. The maximum Gasteiger partial charge on any atom is 0.418 e. The third kappa shape index (κ3) is 6.40. The number of hydrogen-bond donors (Lipinski definition) is 2. The van der Waals surface area contributed by atoms with Crippen LogP contribution in [0.5, 0.6) is 0 Å². The molecule has 14 heteroatoms. The quantitative estimate of drug-likeness (QED) is 0.393. The van der Waals surface area contributed by atoms with E-state index >= 15 is 0 Å². The third-order valence-corrected chi connectivity index (χ3v) is 7.47. The lowest BCUT2D eigenvalue weighted by molar-refractivity contribution is -0.137. The number of nitrogens with two attached hydrogens (primary N) is 1. The molecular formula is C23H23ClF3N7O2S. The molecule has 1 unspecified atom stereocenters. The first-order valence-corrected chi connectivity index (χ1v) is 12.5. The number of hydrogen-bond acceptors (Lipinski definition) is 9. The molecule has 9 nitrogen and oxygen atoms in total. The number of rotatable bonds is 8. The summed E-state index contributed by atoms with van der Waals surface area (Å²) in [5.41, 5.74) is 4.94. The van der Waals surface area contributed by atoms with Gasteiger partial charge in [0.05, 0.1) is 21.8 Å². The Bertz CT molecular complexity index is 1300. The molecule has 0 radical (unpaired) electrons. The van der Waals surface area contributed by atoms with Crippen LogP contribution in [0.4, 0.5) is 24.8 Å². The first-order chi connectivity index (χ1) is 17.5. The predicted octanol–water partition coefficient (Wildman–Crippen LogP) is 4.41. The smallest absolute Gasteiger partial charge is 0.356 e. The molecule has 1 aliphatic rings. The van der Waals surface area contributed by atoms with Gasteiger partial charge >= 0.3 is 6.18 Å². The van der Waals surface area contributed by atoms with E-state index in [1.807, 2.05) is 0 Å². The van der Waals surface area contributed by atoms with Gasteiger partial charge in [0, 0.05) is 37.7 Å². The summed E-state index contributed by atoms with van der Waals surface area (Å²) < 4.78 is 39.2. The van der Waals surface area contributed by atoms with Gasteiger partial charge in [-0.05, 0) is 24.9 Å². The van der Waals surface area contributed by atoms with Crippen molar-refractivity contribution >= 4 is 46.3 Å². The van der Waals surface area contributed by atoms with E-state index in [4.69, 9.17) is 17.3 Å². The van der Waals surface area contributed by atoms with E-state index < -0.39 is 22.7 Å². The minimum Gasteiger partial charge on any atom is -0.356 e. The van der Waals surface area contributed by atoms with E-state index in [-0.39, 0.29) is 34.5 Å². The average molecular weight is 554 g/mol. The Hall–Kier alpha value is -3.16. The first-order valence-electron chi connectivity index (χ1n) is 11.3. The lowest BCUT2D eigenvalue weighted by Gasteiger charge is -2.17. The molecule has 1 saturated heterocycles. The second-order valence-electron chi connectivity index (χ2n) is 8.69. The van der Waals surface area contributed by atoms with Gasteiger partial charge in [0.25, 0.3) is 5.91 Å². The number of carbonyl (C=O) groups excluding carboxylic acids is 2. The Morgan fingerprint density at radius 1 is 1.24 bits per heavy atom. The van der Waals surface area contributed by atoms with Crippen molar-refractivity contribution in [3.63, 3.8) is 0 Å². The van der Waals surface area contributed by atoms with Gasteiger partial charge in [-0.1, -0.05) is 18.5 Å². The fourth-order valence-electron chi connectivity index (χ4n) is 3.90. The fourth-order valence-corrected chi connectivity index (χ4v) is 4.97. The number of alkyl halides is 3. The minimum absolute atomic E-state index is 0.101. The normalized spacial score (nSPS) is 16.6. The van der Waals surface area contributed by atoms with Gasteiger partial charge in [0.2, 0.25) is 0 Å². The van der Waals surface area contributed by atoms with Crippen LogP contribution in [0.3, 0.4) is 0 Å². The monoisotopic (exact) mass is 553 g/mol. The summed E-state index contributed by atoms with van der Waals surface area (Å²) in [5, 5.41) is 2.28. The van der Waals surface area contributed by atoms with Crippen molar-refractivity contribution in [1.29, 1.82) is 0 Å². The zero-order valence-electron chi connectivity index (χ0n) is 19.6. The molecule has 37 heavy (non-hydrogen) atoms. The molecule has 3 aromatic heterocycles. The molecule has 3 aromatic rings. The maximum absolute atomic E-state index is 13.1. The summed E-state index contributed by atoms with van der Waals surface area (Å²) >= 11 is 6.61. The summed E-state index contributed by atoms with van der Waals surface area (Å²) in [4.78, 5) is 44.1. The van der Waals surface area contributed by atoms with Gasteiger partial charge in [-0.2, -0.15) is 13.2 Å². The number of anilines is 2. The van der Waals surface area contributed by atoms with E-state index in [9.17, 15) is 22.8 Å². The highest BCUT2D eigenvalue weighted by Crippen LogP contribution is 2.35. The summed E-state index contributed by atoms with van der Waals surface area (Å²) in [6, 6.07) is 2.33. The maximum atomic E-state index is 13.1. The van der Waals surface area contributed by atoms with Gasteiger partial charge in [-0.3, -0.25) is 9.59 Å². The van der Waals surface area contributed by atoms with Crippen molar-refractivity contribution in [1.82, 2.24) is 19.9 Å². The zero-order chi connectivity index (χ0) is 26.7. The fraction of sp³-hybridized carbons (Fsp3) is 0.391. The molecule has 0 aromatic carbocycles. The van der Waals surface area contributed by atoms with E-state index in [1.165, 1.54) is 12.5 Å². The van der Waals surface area contributed by atoms with Gasteiger partial charge in [0.15, 0.2) is 5.78 Å². The lowest BCUT2D eigenvalue weighted by atomic mass is 10.0. The average Bonchev–Trinajstić information content (AvgIpc) is 3.55. The number of amides is 1. The number of nitrogens with one attached hydrogen (secondary N) is 1. The molecular weight excluding hydrogens is 531 g/mol. The van der Waals surface area contributed by atoms with Gasteiger partial charge in [-0.15, -0.1) is 11.3 Å². The van der Waals surface area contributed by atoms with Gasteiger partial charge in [-0.25, -0.2) is 19.9 Å². The Labute approximate surface area is 219 Å². The molecule has 1 fully saturated rings. The van der Waals surface area contributed by atoms with Crippen molar-refractivity contribution in [3.8, 4) is 0 Å². The van der Waals surface area contributed by atoms with Crippen LogP contribution in [0.15, 0.2) is 30.9 Å². The highest BCUT2D eigenvalue weighted by molar-refractivity contribution is 7.13. The Balaban J connectivity index is 1.39. The SMILES string of the molecule is CC(CC(=O)c1cc(N2CC[C@H](CN)C2)ncn1)c1ncc(C(=O)Nc2cc(C(F)(F)F)c(Cl)cn2)s1. The number of nitrogens with zero attached hydrogens (tertiary/aromatic N) is 5. The molecule has 0 spiro atoms. The van der Waals surface area contributed by atoms with Gasteiger partial charge < -0.3 is 16.0 Å². The zero-order valence-corrected chi connectivity index (χ0v) is 21.2. The number of ketones is 1. The highest BCUT2D eigenvalue weighted by atomic mass is 35.5. The number of pyridine rings is 1. The molecule has 3 N–H and O–H groups in total. The van der Waals surface area contributed by atoms with Crippen molar-refractivity contribution in [2.75, 3.05) is 29.9 Å². The lowest BCUT2D eigenvalue weighted by Crippen LogP contribution is -2.24. The molecule has 1 amide bonds. The summed E-state index contributed by atoms with van der Waals surface area (Å²) in [6.45, 7) is 3.99. The topological polar surface area (TPSA) is 127 Å². The van der Waals surface area contributed by atoms with Crippen LogP contribution in [0, 0.1) is 5.92 Å². The molecule has 0 saturated carbocycles. The summed E-state index contributed by atoms with van der Waals surface area (Å²) in [5.74, 6) is -0.414. The summed E-state index contributed by atoms with van der Waals surface area (Å²) in [6.07, 6.45) is -0.122. The van der Waals surface area contributed by atoms with E-state index in [0.29, 0.717) is 29.4 Å². The summed E-state index contributed by atoms with van der Waals surface area (Å²) in [7, 11) is 0. The first kappa shape index (κ1) is 26.9. The predicted molar refractivity (Wildman–Crippen MR) is 133 cm³/mol. The molecule has 0 aliphatic carbocycles. The van der Waals surface area contributed by atoms with Crippen LogP contribution in [0.2, 0.25) is 5.02 Å². The molecule has 4 rings (SSSR count). The largest absolute Gasteiger partial charge is 0.418 e. The van der Waals surface area contributed by atoms with E-state index in [2.05, 4.69) is 30.2 Å². The molecule has 196 valence electrons. The minimum atomic E-state index is -4.69. The van der Waals surface area contributed by atoms with Crippen LogP contribution in [-0.2, 0) is 6.18 Å². The molecule has 0 bridgehead atoms. The Morgan fingerprint density at radius 2 is 2.03 bits per heavy atom. The van der Waals surface area contributed by atoms with Crippen LogP contribution >= 0.6 is 22.9 Å². The Kier molecular flexibility index (Phi) is 8.05. The van der Waals surface area contributed by atoms with Crippen LogP contribution in [0.1, 0.15) is 56.4 Å². The van der Waals surface area contributed by atoms with Crippen LogP contribution in [0.25, 0.3) is 0 Å². The number of aromatic nitrogens is 4. The molecule has 2 atom stereocenters. The molecule has 4 heterocycles. The highest BCUT2D eigenvalue weighted by Gasteiger charge is 2.34. The van der Waals surface area contributed by atoms with Crippen LogP contribution < -0.4 is 16.0 Å². The number of thiazole rings is 1. The number of carbonyl (C=O) groups is 2. The number of halogens is 4. The van der Waals surface area contributed by atoms with Crippen molar-refractivity contribution in [2.45, 2.75) is 31.9 Å². The second kappa shape index (κ2) is 11.1. The van der Waals surface area contributed by atoms with Crippen LogP contribution in [-0.4, -0.2) is 51.3 Å². The second-order valence-corrected chi connectivity index (χ2v) is 10.2. The van der Waals surface area contributed by atoms with Crippen molar-refractivity contribution < 1.29 is 22.8 Å². The van der Waals surface area contributed by atoms with Gasteiger partial charge in [0.1, 0.15) is 28.5 Å².